The molecular weight excluding hydrogens is 486 g/mol. The molecule has 2 aromatic carbocycles. The fraction of sp³-hybridized carbons (Fsp3) is 0.517. The minimum absolute atomic E-state index is 0.119. The van der Waals surface area contributed by atoms with E-state index in [9.17, 15) is 18.0 Å². The van der Waals surface area contributed by atoms with E-state index in [1.807, 2.05) is 55.5 Å². The lowest BCUT2D eigenvalue weighted by atomic mass is 9.95. The van der Waals surface area contributed by atoms with Crippen molar-refractivity contribution in [2.24, 2.45) is 0 Å². The maximum Gasteiger partial charge on any atom is 0.242 e. The SMILES string of the molecule is Cc1ccccc1N(CCCC(=O)N(CCc1ccccc1)C(C)C(=O)NC1CCCCC1)S(C)(=O)=O. The molecule has 1 atom stereocenters. The molecule has 2 aromatic rings. The number of hydrogen-bond donors (Lipinski definition) is 1. The predicted octanol–water partition coefficient (Wildman–Crippen LogP) is 4.45. The molecule has 0 radical (unpaired) electrons. The Labute approximate surface area is 222 Å². The van der Waals surface area contributed by atoms with Crippen molar-refractivity contribution in [3.05, 3.63) is 65.7 Å². The lowest BCUT2D eigenvalue weighted by molar-refractivity contribution is -0.140. The third kappa shape index (κ3) is 8.59. The highest BCUT2D eigenvalue weighted by Gasteiger charge is 2.28. The number of carbonyl (C=O) groups excluding carboxylic acids is 2. The summed E-state index contributed by atoms with van der Waals surface area (Å²) in [7, 11) is -3.51. The van der Waals surface area contributed by atoms with Crippen molar-refractivity contribution < 1.29 is 18.0 Å². The van der Waals surface area contributed by atoms with E-state index in [4.69, 9.17) is 0 Å². The summed E-state index contributed by atoms with van der Waals surface area (Å²) in [5.41, 5.74) is 2.58. The second-order valence-electron chi connectivity index (χ2n) is 10.1. The Bertz CT molecular complexity index is 1130. The van der Waals surface area contributed by atoms with Crippen molar-refractivity contribution in [1.82, 2.24) is 10.2 Å². The zero-order valence-electron chi connectivity index (χ0n) is 22.4. The van der Waals surface area contributed by atoms with Crippen molar-refractivity contribution in [2.45, 2.75) is 77.3 Å². The van der Waals surface area contributed by atoms with Crippen LogP contribution in [0.15, 0.2) is 54.6 Å². The van der Waals surface area contributed by atoms with E-state index in [-0.39, 0.29) is 30.8 Å². The van der Waals surface area contributed by atoms with Crippen molar-refractivity contribution in [3.8, 4) is 0 Å². The topological polar surface area (TPSA) is 86.8 Å². The van der Waals surface area contributed by atoms with Crippen LogP contribution in [0.25, 0.3) is 0 Å². The van der Waals surface area contributed by atoms with Gasteiger partial charge in [0.15, 0.2) is 0 Å². The van der Waals surface area contributed by atoms with E-state index in [0.29, 0.717) is 25.1 Å². The number of benzene rings is 2. The molecule has 0 spiro atoms. The van der Waals surface area contributed by atoms with Crippen LogP contribution in [0.5, 0.6) is 0 Å². The highest BCUT2D eigenvalue weighted by atomic mass is 32.2. The highest BCUT2D eigenvalue weighted by molar-refractivity contribution is 7.92. The summed E-state index contributed by atoms with van der Waals surface area (Å²) >= 11 is 0. The van der Waals surface area contributed by atoms with Gasteiger partial charge >= 0.3 is 0 Å². The molecule has 202 valence electrons. The first-order chi connectivity index (χ1) is 17.7. The molecule has 1 aliphatic carbocycles. The number of rotatable bonds is 12. The highest BCUT2D eigenvalue weighted by Crippen LogP contribution is 2.23. The molecule has 3 rings (SSSR count). The van der Waals surface area contributed by atoms with Crippen LogP contribution in [0.1, 0.15) is 63.0 Å². The number of anilines is 1. The maximum absolute atomic E-state index is 13.4. The van der Waals surface area contributed by atoms with Crippen LogP contribution in [0.3, 0.4) is 0 Å². The summed E-state index contributed by atoms with van der Waals surface area (Å²) in [6.07, 6.45) is 7.76. The van der Waals surface area contributed by atoms with Gasteiger partial charge in [-0.25, -0.2) is 8.42 Å². The quantitative estimate of drug-likeness (QED) is 0.442. The van der Waals surface area contributed by atoms with Gasteiger partial charge in [0, 0.05) is 25.6 Å². The molecule has 0 aromatic heterocycles. The zero-order valence-corrected chi connectivity index (χ0v) is 23.2. The molecule has 8 heteroatoms. The third-order valence-corrected chi connectivity index (χ3v) is 8.32. The normalized spacial score (nSPS) is 15.1. The van der Waals surface area contributed by atoms with E-state index in [1.165, 1.54) is 17.0 Å². The number of hydrogen-bond acceptors (Lipinski definition) is 4. The van der Waals surface area contributed by atoms with Gasteiger partial charge in [0.25, 0.3) is 0 Å². The van der Waals surface area contributed by atoms with Gasteiger partial charge in [-0.15, -0.1) is 0 Å². The van der Waals surface area contributed by atoms with Gasteiger partial charge in [-0.1, -0.05) is 67.8 Å². The fourth-order valence-electron chi connectivity index (χ4n) is 4.96. The Morgan fingerprint density at radius 2 is 1.62 bits per heavy atom. The van der Waals surface area contributed by atoms with Gasteiger partial charge in [0.05, 0.1) is 11.9 Å². The lowest BCUT2D eigenvalue weighted by Gasteiger charge is -2.31. The van der Waals surface area contributed by atoms with Crippen LogP contribution in [0.2, 0.25) is 0 Å². The molecule has 0 heterocycles. The zero-order chi connectivity index (χ0) is 26.8. The van der Waals surface area contributed by atoms with Crippen molar-refractivity contribution in [1.29, 1.82) is 0 Å². The molecule has 1 aliphatic rings. The molecule has 7 nitrogen and oxygen atoms in total. The van der Waals surface area contributed by atoms with Gasteiger partial charge in [-0.05, 0) is 56.7 Å². The molecule has 0 bridgehead atoms. The molecule has 2 amide bonds. The summed E-state index contributed by atoms with van der Waals surface area (Å²) in [6.45, 7) is 4.29. The second kappa shape index (κ2) is 13.6. The Kier molecular flexibility index (Phi) is 10.6. The van der Waals surface area contributed by atoms with Gasteiger partial charge < -0.3 is 10.2 Å². The predicted molar refractivity (Wildman–Crippen MR) is 149 cm³/mol. The number of para-hydroxylation sites is 1. The summed E-state index contributed by atoms with van der Waals surface area (Å²) in [5.74, 6) is -0.258. The van der Waals surface area contributed by atoms with Crippen molar-refractivity contribution in [2.75, 3.05) is 23.7 Å². The Morgan fingerprint density at radius 3 is 2.27 bits per heavy atom. The Hall–Kier alpha value is -2.87. The van der Waals surface area contributed by atoms with E-state index in [0.717, 1.165) is 36.8 Å². The van der Waals surface area contributed by atoms with Crippen LogP contribution < -0.4 is 9.62 Å². The number of amides is 2. The van der Waals surface area contributed by atoms with Crippen LogP contribution in [0, 0.1) is 6.92 Å². The first kappa shape index (κ1) is 28.7. The van der Waals surface area contributed by atoms with Gasteiger partial charge in [0.2, 0.25) is 21.8 Å². The van der Waals surface area contributed by atoms with Crippen LogP contribution >= 0.6 is 0 Å². The minimum atomic E-state index is -3.51. The fourth-order valence-corrected chi connectivity index (χ4v) is 5.99. The maximum atomic E-state index is 13.4. The third-order valence-electron chi connectivity index (χ3n) is 7.14. The molecule has 0 aliphatic heterocycles. The monoisotopic (exact) mass is 527 g/mol. The summed E-state index contributed by atoms with van der Waals surface area (Å²) in [6, 6.07) is 16.8. The minimum Gasteiger partial charge on any atom is -0.352 e. The number of nitrogens with one attached hydrogen (secondary N) is 1. The molecule has 1 N–H and O–H groups in total. The van der Waals surface area contributed by atoms with Gasteiger partial charge in [-0.2, -0.15) is 0 Å². The molecule has 1 fully saturated rings. The molecule has 1 saturated carbocycles. The largest absolute Gasteiger partial charge is 0.352 e. The average Bonchev–Trinajstić information content (AvgIpc) is 2.88. The summed E-state index contributed by atoms with van der Waals surface area (Å²) in [4.78, 5) is 28.2. The smallest absolute Gasteiger partial charge is 0.242 e. The summed E-state index contributed by atoms with van der Waals surface area (Å²) < 4.78 is 26.4. The Morgan fingerprint density at radius 1 is 0.973 bits per heavy atom. The number of aryl methyl sites for hydroxylation is 1. The van der Waals surface area contributed by atoms with Gasteiger partial charge in [0.1, 0.15) is 6.04 Å². The number of nitrogens with zero attached hydrogens (tertiary/aromatic N) is 2. The first-order valence-electron chi connectivity index (χ1n) is 13.3. The lowest BCUT2D eigenvalue weighted by Crippen LogP contribution is -2.51. The number of sulfonamides is 1. The summed E-state index contributed by atoms with van der Waals surface area (Å²) in [5, 5.41) is 3.15. The Balaban J connectivity index is 1.67. The van der Waals surface area contributed by atoms with E-state index < -0.39 is 16.1 Å². The standard InChI is InChI=1S/C29H41N3O4S/c1-23-13-10-11-18-27(23)32(37(3,35)36)21-12-19-28(33)31(22-20-25-14-6-4-7-15-25)24(2)29(34)30-26-16-8-5-9-17-26/h4,6-7,10-11,13-15,18,24,26H,5,8-9,12,16-17,19-22H2,1-3H3,(H,30,34). The molecule has 1 unspecified atom stereocenters. The molecule has 0 saturated heterocycles. The number of carbonyl (C=O) groups is 2. The first-order valence-corrected chi connectivity index (χ1v) is 15.2. The molecular formula is C29H41N3O4S. The van der Waals surface area contributed by atoms with E-state index in [2.05, 4.69) is 5.32 Å². The van der Waals surface area contributed by atoms with Gasteiger partial charge in [-0.3, -0.25) is 13.9 Å². The van der Waals surface area contributed by atoms with Crippen molar-refractivity contribution >= 4 is 27.5 Å². The molecule has 37 heavy (non-hydrogen) atoms. The van der Waals surface area contributed by atoms with Crippen LogP contribution in [0.4, 0.5) is 5.69 Å². The van der Waals surface area contributed by atoms with Crippen molar-refractivity contribution in [3.63, 3.8) is 0 Å². The van der Waals surface area contributed by atoms with Crippen LogP contribution in [-0.4, -0.2) is 56.6 Å². The average molecular weight is 528 g/mol. The second-order valence-corrected chi connectivity index (χ2v) is 12.0. The van der Waals surface area contributed by atoms with E-state index in [1.54, 1.807) is 17.9 Å². The van der Waals surface area contributed by atoms with E-state index >= 15 is 0 Å². The van der Waals surface area contributed by atoms with Crippen LogP contribution in [-0.2, 0) is 26.0 Å².